The van der Waals surface area contributed by atoms with Crippen molar-refractivity contribution >= 4 is 33.0 Å². The van der Waals surface area contributed by atoms with E-state index in [1.165, 1.54) is 6.07 Å². The minimum atomic E-state index is -3.94. The lowest BCUT2D eigenvalue weighted by Crippen LogP contribution is -2.52. The highest BCUT2D eigenvalue weighted by atomic mass is 32.2. The molecule has 0 radical (unpaired) electrons. The van der Waals surface area contributed by atoms with E-state index in [4.69, 9.17) is 0 Å². The van der Waals surface area contributed by atoms with E-state index in [1.807, 2.05) is 54.6 Å². The van der Waals surface area contributed by atoms with Crippen LogP contribution in [0, 0.1) is 5.92 Å². The smallest absolute Gasteiger partial charge is 0.241 e. The number of fused-ring (bicyclic) bond motifs is 1. The molecule has 0 fully saturated rings. The molecule has 31 heavy (non-hydrogen) atoms. The highest BCUT2D eigenvalue weighted by Crippen LogP contribution is 2.20. The van der Waals surface area contributed by atoms with Crippen molar-refractivity contribution in [1.29, 1.82) is 0 Å². The maximum atomic E-state index is 13.0. The fourth-order valence-electron chi connectivity index (χ4n) is 3.34. The first-order valence-corrected chi connectivity index (χ1v) is 11.6. The van der Waals surface area contributed by atoms with Gasteiger partial charge in [-0.1, -0.05) is 74.5 Å². The van der Waals surface area contributed by atoms with E-state index >= 15 is 0 Å². The zero-order valence-electron chi connectivity index (χ0n) is 17.5. The molecule has 2 atom stereocenters. The van der Waals surface area contributed by atoms with Crippen molar-refractivity contribution in [3.8, 4) is 0 Å². The Hall–Kier alpha value is -3.03. The molecule has 3 aromatic rings. The number of amides is 1. The summed E-state index contributed by atoms with van der Waals surface area (Å²) >= 11 is 0. The zero-order chi connectivity index (χ0) is 22.4. The van der Waals surface area contributed by atoms with E-state index in [-0.39, 0.29) is 10.8 Å². The SMILES string of the molecule is CC(C)C(NS(=O)(=O)c1ccc2ccccc2c1)C(=O)NC(C=O)Cc1ccccc1. The Balaban J connectivity index is 1.76. The number of carbonyl (C=O) groups excluding carboxylic acids is 2. The third-order valence-corrected chi connectivity index (χ3v) is 6.49. The molecule has 162 valence electrons. The third kappa shape index (κ3) is 5.77. The lowest BCUT2D eigenvalue weighted by Gasteiger charge is -2.23. The normalized spacial score (nSPS) is 13.6. The van der Waals surface area contributed by atoms with Crippen molar-refractivity contribution in [2.45, 2.75) is 37.2 Å². The van der Waals surface area contributed by atoms with Crippen LogP contribution in [0.3, 0.4) is 0 Å². The first-order valence-electron chi connectivity index (χ1n) is 10.1. The van der Waals surface area contributed by atoms with Crippen molar-refractivity contribution in [2.24, 2.45) is 5.92 Å². The molecule has 0 bridgehead atoms. The predicted molar refractivity (Wildman–Crippen MR) is 121 cm³/mol. The highest BCUT2D eigenvalue weighted by Gasteiger charge is 2.29. The average molecular weight is 439 g/mol. The molecule has 0 saturated heterocycles. The summed E-state index contributed by atoms with van der Waals surface area (Å²) in [6, 6.07) is 19.8. The van der Waals surface area contributed by atoms with Crippen LogP contribution in [-0.4, -0.2) is 32.7 Å². The molecule has 0 spiro atoms. The average Bonchev–Trinajstić information content (AvgIpc) is 2.77. The van der Waals surface area contributed by atoms with Gasteiger partial charge in [0.15, 0.2) is 0 Å². The first kappa shape index (κ1) is 22.7. The summed E-state index contributed by atoms with van der Waals surface area (Å²) in [5, 5.41) is 4.38. The maximum absolute atomic E-state index is 13.0. The molecule has 0 aliphatic rings. The Morgan fingerprint density at radius 3 is 2.23 bits per heavy atom. The van der Waals surface area contributed by atoms with Crippen LogP contribution in [0.25, 0.3) is 10.8 Å². The minimum absolute atomic E-state index is 0.0841. The summed E-state index contributed by atoms with van der Waals surface area (Å²) in [5.41, 5.74) is 0.901. The van der Waals surface area contributed by atoms with Gasteiger partial charge in [-0.05, 0) is 40.8 Å². The van der Waals surface area contributed by atoms with E-state index in [9.17, 15) is 18.0 Å². The Morgan fingerprint density at radius 1 is 0.935 bits per heavy atom. The van der Waals surface area contributed by atoms with Crippen molar-refractivity contribution in [3.63, 3.8) is 0 Å². The molecule has 3 rings (SSSR count). The van der Waals surface area contributed by atoms with E-state index < -0.39 is 28.0 Å². The lowest BCUT2D eigenvalue weighted by atomic mass is 10.0. The number of sulfonamides is 1. The van der Waals surface area contributed by atoms with Gasteiger partial charge in [0.25, 0.3) is 0 Å². The van der Waals surface area contributed by atoms with Crippen LogP contribution in [0.15, 0.2) is 77.7 Å². The Kier molecular flexibility index (Phi) is 7.20. The van der Waals surface area contributed by atoms with Crippen LogP contribution in [0.2, 0.25) is 0 Å². The van der Waals surface area contributed by atoms with Crippen LogP contribution >= 0.6 is 0 Å². The fraction of sp³-hybridized carbons (Fsp3) is 0.250. The van der Waals surface area contributed by atoms with Gasteiger partial charge in [-0.15, -0.1) is 0 Å². The van der Waals surface area contributed by atoms with E-state index in [1.54, 1.807) is 26.0 Å². The van der Waals surface area contributed by atoms with Crippen molar-refractivity contribution < 1.29 is 18.0 Å². The van der Waals surface area contributed by atoms with Gasteiger partial charge in [-0.25, -0.2) is 8.42 Å². The monoisotopic (exact) mass is 438 g/mol. The van der Waals surface area contributed by atoms with Crippen LogP contribution in [-0.2, 0) is 26.0 Å². The molecule has 3 aromatic carbocycles. The Morgan fingerprint density at radius 2 is 1.58 bits per heavy atom. The van der Waals surface area contributed by atoms with Gasteiger partial charge in [0.05, 0.1) is 10.9 Å². The molecule has 1 amide bonds. The molecular formula is C24H26N2O4S. The summed E-state index contributed by atoms with van der Waals surface area (Å²) in [7, 11) is -3.94. The molecule has 0 heterocycles. The minimum Gasteiger partial charge on any atom is -0.345 e. The predicted octanol–water partition coefficient (Wildman–Crippen LogP) is 3.07. The van der Waals surface area contributed by atoms with Crippen LogP contribution in [0.5, 0.6) is 0 Å². The van der Waals surface area contributed by atoms with Gasteiger partial charge >= 0.3 is 0 Å². The summed E-state index contributed by atoms with van der Waals surface area (Å²) in [5.74, 6) is -0.855. The first-order chi connectivity index (χ1) is 14.8. The highest BCUT2D eigenvalue weighted by molar-refractivity contribution is 7.89. The number of rotatable bonds is 9. The maximum Gasteiger partial charge on any atom is 0.241 e. The van der Waals surface area contributed by atoms with Crippen molar-refractivity contribution in [3.05, 3.63) is 78.4 Å². The zero-order valence-corrected chi connectivity index (χ0v) is 18.3. The Bertz CT molecular complexity index is 1160. The second kappa shape index (κ2) is 9.85. The van der Waals surface area contributed by atoms with Gasteiger partial charge in [0, 0.05) is 0 Å². The molecule has 2 unspecified atom stereocenters. The molecular weight excluding hydrogens is 412 g/mol. The van der Waals surface area contributed by atoms with Gasteiger partial charge in [0.1, 0.15) is 12.3 Å². The molecule has 0 aliphatic heterocycles. The quantitative estimate of drug-likeness (QED) is 0.502. The van der Waals surface area contributed by atoms with E-state index in [0.29, 0.717) is 12.7 Å². The number of benzene rings is 3. The number of aldehydes is 1. The molecule has 7 heteroatoms. The summed E-state index contributed by atoms with van der Waals surface area (Å²) in [4.78, 5) is 24.5. The number of hydrogen-bond donors (Lipinski definition) is 2. The van der Waals surface area contributed by atoms with Crippen molar-refractivity contribution in [1.82, 2.24) is 10.0 Å². The summed E-state index contributed by atoms with van der Waals surface area (Å²) in [6.07, 6.45) is 0.998. The lowest BCUT2D eigenvalue weighted by molar-refractivity contribution is -0.126. The molecule has 6 nitrogen and oxygen atoms in total. The molecule has 0 aliphatic carbocycles. The molecule has 0 saturated carbocycles. The van der Waals surface area contributed by atoms with Crippen LogP contribution in [0.1, 0.15) is 19.4 Å². The largest absolute Gasteiger partial charge is 0.345 e. The topological polar surface area (TPSA) is 92.3 Å². The number of nitrogens with one attached hydrogen (secondary N) is 2. The summed E-state index contributed by atoms with van der Waals surface area (Å²) in [6.45, 7) is 3.50. The van der Waals surface area contributed by atoms with Crippen molar-refractivity contribution in [2.75, 3.05) is 0 Å². The van der Waals surface area contributed by atoms with Gasteiger partial charge in [-0.2, -0.15) is 4.72 Å². The number of hydrogen-bond acceptors (Lipinski definition) is 4. The molecule has 2 N–H and O–H groups in total. The standard InChI is InChI=1S/C24H26N2O4S/c1-17(2)23(24(28)25-21(16-27)14-18-8-4-3-5-9-18)26-31(29,30)22-13-12-19-10-6-7-11-20(19)15-22/h3-13,15-17,21,23,26H,14H2,1-2H3,(H,25,28). The fourth-order valence-corrected chi connectivity index (χ4v) is 4.71. The van der Waals surface area contributed by atoms with E-state index in [2.05, 4.69) is 10.0 Å². The number of carbonyl (C=O) groups is 2. The van der Waals surface area contributed by atoms with Crippen LogP contribution in [0.4, 0.5) is 0 Å². The van der Waals surface area contributed by atoms with Crippen LogP contribution < -0.4 is 10.0 Å². The second-order valence-electron chi connectivity index (χ2n) is 7.79. The van der Waals surface area contributed by atoms with Gasteiger partial charge < -0.3 is 10.1 Å². The summed E-state index contributed by atoms with van der Waals surface area (Å²) < 4.78 is 28.5. The second-order valence-corrected chi connectivity index (χ2v) is 9.51. The Labute approximate surface area is 182 Å². The van der Waals surface area contributed by atoms with Gasteiger partial charge in [-0.3, -0.25) is 4.79 Å². The van der Waals surface area contributed by atoms with Gasteiger partial charge in [0.2, 0.25) is 15.9 Å². The van der Waals surface area contributed by atoms with E-state index in [0.717, 1.165) is 16.3 Å². The third-order valence-electron chi connectivity index (χ3n) is 5.05. The molecule has 0 aromatic heterocycles.